The lowest BCUT2D eigenvalue weighted by Crippen LogP contribution is -2.63. The molecule has 0 aliphatic heterocycles. The van der Waals surface area contributed by atoms with Crippen LogP contribution in [0, 0.1) is 74.4 Å². The largest absolute Gasteiger partial charge is 0.550 e. The van der Waals surface area contributed by atoms with Crippen LogP contribution in [-0.4, -0.2) is 78.9 Å². The number of carbonyl (C=O) groups excluding carboxylic acids is 6. The first-order chi connectivity index (χ1) is 27.8. The third kappa shape index (κ3) is 5.68. The Morgan fingerprint density at radius 2 is 1.07 bits per heavy atom. The maximum atomic E-state index is 14.7. The van der Waals surface area contributed by atoms with Gasteiger partial charge in [0, 0.05) is 63.7 Å². The number of aliphatic carboxylic acids is 2. The molecule has 8 aliphatic carbocycles. The molecule has 8 rings (SSSR count). The molecule has 0 aromatic rings. The highest BCUT2D eigenvalue weighted by molar-refractivity contribution is 6.02. The molecule has 0 amide bonds. The van der Waals surface area contributed by atoms with Crippen molar-refractivity contribution in [3.05, 3.63) is 47.6 Å². The van der Waals surface area contributed by atoms with Crippen LogP contribution in [0.25, 0.3) is 0 Å². The molecule has 12 heteroatoms. The van der Waals surface area contributed by atoms with Crippen molar-refractivity contribution in [2.24, 2.45) is 74.4 Å². The van der Waals surface area contributed by atoms with Gasteiger partial charge in [0.25, 0.3) is 0 Å². The Morgan fingerprint density at radius 3 is 1.42 bits per heavy atom. The average Bonchev–Trinajstić information content (AvgIpc) is 3.58. The number of carboxylic acids is 2. The van der Waals surface area contributed by atoms with E-state index in [1.165, 1.54) is 12.2 Å². The number of carboxylic acid groups (broad SMARTS) is 2. The van der Waals surface area contributed by atoms with Gasteiger partial charge in [-0.05, 0) is 118 Å². The quantitative estimate of drug-likeness (QED) is 0.263. The SMILES string of the molecule is CC1CC2C(C(O)CC3(C)C2CCC3(O)C(=O)CC(CC(=O)[O-])(CC(=O)C2(O)CCC3C4CC(C)C5=CC(=O)C=CC5(C)C4C(O)CC32C)C(=O)[O-])C2(C)C=CC(=O)C=C12. The standard InChI is InChI=1S/C48H62O12/c1-24-15-28-30-9-13-47(59,44(30,5)19-34(51)39(28)42(3)11-7-26(49)17-32(24)42)36(53)21-46(41(57)58,23-38(55)56)22-37(54)48(60)14-10-31-29-16-25(2)33-18-27(50)8-12-43(33,4)40(29)35(52)20-45(31,48)6/h7-8,11-12,17-18,24-25,28-31,34-35,39-40,51-52,59-60H,9-10,13-16,19-23H2,1-6H3,(H,55,56)(H,57,58)/p-2. The van der Waals surface area contributed by atoms with Gasteiger partial charge in [0.05, 0.1) is 12.2 Å². The summed E-state index contributed by atoms with van der Waals surface area (Å²) in [6.07, 6.45) is 6.35. The summed E-state index contributed by atoms with van der Waals surface area (Å²) in [7, 11) is 0. The number of rotatable bonds is 9. The Labute approximate surface area is 351 Å². The third-order valence-electron chi connectivity index (χ3n) is 18.8. The predicted molar refractivity (Wildman–Crippen MR) is 211 cm³/mol. The average molecular weight is 829 g/mol. The summed E-state index contributed by atoms with van der Waals surface area (Å²) in [5.74, 6) is -7.62. The molecule has 0 aromatic carbocycles. The van der Waals surface area contributed by atoms with Crippen LogP contribution in [0.3, 0.4) is 0 Å². The van der Waals surface area contributed by atoms with Crippen molar-refractivity contribution < 1.29 is 59.4 Å². The number of aliphatic hydroxyl groups excluding tert-OH is 2. The van der Waals surface area contributed by atoms with E-state index in [4.69, 9.17) is 0 Å². The van der Waals surface area contributed by atoms with Crippen LogP contribution in [0.4, 0.5) is 0 Å². The van der Waals surface area contributed by atoms with Gasteiger partial charge < -0.3 is 40.2 Å². The smallest absolute Gasteiger partial charge is 0.178 e. The van der Waals surface area contributed by atoms with Crippen LogP contribution >= 0.6 is 0 Å². The molecule has 8 aliphatic rings. The van der Waals surface area contributed by atoms with Crippen LogP contribution in [0.5, 0.6) is 0 Å². The molecule has 0 aromatic heterocycles. The Morgan fingerprint density at radius 1 is 0.683 bits per heavy atom. The van der Waals surface area contributed by atoms with E-state index in [0.717, 1.165) is 11.1 Å². The van der Waals surface area contributed by atoms with E-state index in [1.54, 1.807) is 26.0 Å². The number of aliphatic hydroxyl groups is 4. The topological polar surface area (TPSA) is 229 Å². The van der Waals surface area contributed by atoms with Crippen molar-refractivity contribution in [3.8, 4) is 0 Å². The van der Waals surface area contributed by atoms with Gasteiger partial charge in [-0.15, -0.1) is 0 Å². The van der Waals surface area contributed by atoms with Gasteiger partial charge in [-0.25, -0.2) is 0 Å². The molecule has 6 saturated carbocycles. The molecule has 4 N–H and O–H groups in total. The monoisotopic (exact) mass is 828 g/mol. The normalized spacial score (nSPS) is 48.6. The zero-order chi connectivity index (χ0) is 43.9. The zero-order valence-electron chi connectivity index (χ0n) is 35.6. The second-order valence-corrected chi connectivity index (χ2v) is 21.6. The van der Waals surface area contributed by atoms with Gasteiger partial charge in [0.15, 0.2) is 23.1 Å². The summed E-state index contributed by atoms with van der Waals surface area (Å²) in [5, 5.41) is 74.7. The molecule has 0 saturated heterocycles. The first kappa shape index (κ1) is 43.1. The van der Waals surface area contributed by atoms with Gasteiger partial charge in [-0.1, -0.05) is 64.8 Å². The van der Waals surface area contributed by atoms with E-state index in [2.05, 4.69) is 0 Å². The van der Waals surface area contributed by atoms with Crippen molar-refractivity contribution in [3.63, 3.8) is 0 Å². The number of allylic oxidation sites excluding steroid dienone is 8. The molecule has 12 nitrogen and oxygen atoms in total. The Kier molecular flexibility index (Phi) is 9.84. The fraction of sp³-hybridized carbons (Fsp3) is 0.708. The molecule has 16 unspecified atom stereocenters. The highest BCUT2D eigenvalue weighted by Gasteiger charge is 2.71. The lowest BCUT2D eigenvalue weighted by molar-refractivity contribution is -0.328. The molecular weight excluding hydrogens is 769 g/mol. The summed E-state index contributed by atoms with van der Waals surface area (Å²) in [6, 6.07) is 0. The van der Waals surface area contributed by atoms with Crippen molar-refractivity contribution in [2.45, 2.75) is 136 Å². The number of fused-ring (bicyclic) bond motifs is 10. The first-order valence-electron chi connectivity index (χ1n) is 22.0. The second-order valence-electron chi connectivity index (χ2n) is 21.6. The summed E-state index contributed by atoms with van der Waals surface area (Å²) < 4.78 is 0. The van der Waals surface area contributed by atoms with Gasteiger partial charge in [-0.3, -0.25) is 19.2 Å². The molecule has 0 heterocycles. The fourth-order valence-electron chi connectivity index (χ4n) is 16.0. The lowest BCUT2D eigenvalue weighted by Gasteiger charge is -2.61. The van der Waals surface area contributed by atoms with E-state index < -0.39 is 93.3 Å². The Hall–Kier alpha value is -3.58. The molecule has 0 spiro atoms. The minimum Gasteiger partial charge on any atom is -0.550 e. The molecule has 6 fully saturated rings. The van der Waals surface area contributed by atoms with Crippen LogP contribution in [0.2, 0.25) is 0 Å². The van der Waals surface area contributed by atoms with E-state index in [0.29, 0.717) is 25.7 Å². The van der Waals surface area contributed by atoms with Crippen molar-refractivity contribution in [1.82, 2.24) is 0 Å². The van der Waals surface area contributed by atoms with Crippen LogP contribution in [0.1, 0.15) is 112 Å². The van der Waals surface area contributed by atoms with Crippen molar-refractivity contribution in [1.29, 1.82) is 0 Å². The summed E-state index contributed by atoms with van der Waals surface area (Å²) in [6.45, 7) is 11.5. The van der Waals surface area contributed by atoms with E-state index in [1.807, 2.05) is 39.8 Å². The maximum absolute atomic E-state index is 14.7. The minimum absolute atomic E-state index is 0.0110. The van der Waals surface area contributed by atoms with Crippen LogP contribution < -0.4 is 10.2 Å². The fourth-order valence-corrected chi connectivity index (χ4v) is 16.0. The van der Waals surface area contributed by atoms with Gasteiger partial charge in [-0.2, -0.15) is 0 Å². The van der Waals surface area contributed by atoms with E-state index in [-0.39, 0.29) is 84.6 Å². The highest BCUT2D eigenvalue weighted by atomic mass is 16.4. The molecule has 326 valence electrons. The molecule has 60 heavy (non-hydrogen) atoms. The summed E-state index contributed by atoms with van der Waals surface area (Å²) in [4.78, 5) is 79.9. The summed E-state index contributed by atoms with van der Waals surface area (Å²) >= 11 is 0. The van der Waals surface area contributed by atoms with Crippen molar-refractivity contribution in [2.75, 3.05) is 0 Å². The molecule has 0 bridgehead atoms. The molecule has 16 atom stereocenters. The van der Waals surface area contributed by atoms with Crippen LogP contribution in [0.15, 0.2) is 47.6 Å². The third-order valence-corrected chi connectivity index (χ3v) is 18.8. The van der Waals surface area contributed by atoms with Gasteiger partial charge in [0.1, 0.15) is 11.2 Å². The number of ketones is 4. The highest BCUT2D eigenvalue weighted by Crippen LogP contribution is 2.70. The van der Waals surface area contributed by atoms with Gasteiger partial charge >= 0.3 is 0 Å². The predicted octanol–water partition coefficient (Wildman–Crippen LogP) is 2.29. The number of hydrogen-bond acceptors (Lipinski definition) is 12. The van der Waals surface area contributed by atoms with E-state index in [9.17, 15) is 59.4 Å². The minimum atomic E-state index is -2.69. The molecular formula is C48H60O12-2. The molecule has 0 radical (unpaired) electrons. The zero-order valence-corrected chi connectivity index (χ0v) is 35.6. The number of Topliss-reactive ketones (excluding diaryl/α,β-unsaturated/α-hetero) is 2. The number of carbonyl (C=O) groups is 6. The van der Waals surface area contributed by atoms with Gasteiger partial charge in [0.2, 0.25) is 0 Å². The second kappa shape index (κ2) is 13.7. The van der Waals surface area contributed by atoms with Crippen molar-refractivity contribution >= 4 is 35.1 Å². The van der Waals surface area contributed by atoms with Crippen LogP contribution in [-0.2, 0) is 28.8 Å². The Balaban J connectivity index is 1.08. The maximum Gasteiger partial charge on any atom is 0.178 e. The van der Waals surface area contributed by atoms with E-state index >= 15 is 0 Å². The first-order valence-corrected chi connectivity index (χ1v) is 22.0. The lowest BCUT2D eigenvalue weighted by atomic mass is 9.44. The Bertz CT molecular complexity index is 1950. The summed E-state index contributed by atoms with van der Waals surface area (Å²) in [5.41, 5.74) is -8.96. The number of hydrogen-bond donors (Lipinski definition) is 4.